The summed E-state index contributed by atoms with van der Waals surface area (Å²) in [5, 5.41) is 7.98. The van der Waals surface area contributed by atoms with Crippen molar-refractivity contribution in [1.82, 2.24) is 9.55 Å². The van der Waals surface area contributed by atoms with Crippen LogP contribution in [0.5, 0.6) is 0 Å². The van der Waals surface area contributed by atoms with Crippen LogP contribution in [0.2, 0.25) is 0 Å². The number of hydrogen-bond acceptors (Lipinski definition) is 5. The maximum atomic E-state index is 6.60. The SMILES string of the molecule is CC(C)(C)c1ccc(N2B3c4cc5nc(-c6ccccc6)sc5cc4-n4c5cc6oc7ccccc7c6cc5c5ccc(c3c54)-c3cc4oc5ccccc5c4cc32)cc1. The molecule has 5 nitrogen and oxygen atoms in total. The molecule has 0 atom stereocenters. The number of furan rings is 2. The third-order valence-corrected chi connectivity index (χ3v) is 14.2. The van der Waals surface area contributed by atoms with Gasteiger partial charge in [0.25, 0.3) is 0 Å². The third kappa shape index (κ3) is 4.29. The van der Waals surface area contributed by atoms with Crippen LogP contribution >= 0.6 is 11.3 Å². The van der Waals surface area contributed by atoms with Gasteiger partial charge in [-0.05, 0) is 82.1 Å². The fourth-order valence-corrected chi connectivity index (χ4v) is 11.3. The minimum absolute atomic E-state index is 0.0224. The lowest BCUT2D eigenvalue weighted by molar-refractivity contribution is 0.590. The summed E-state index contributed by atoms with van der Waals surface area (Å²) >= 11 is 1.76. The number of fused-ring (bicyclic) bond motifs is 15. The average molecular weight is 788 g/mol. The summed E-state index contributed by atoms with van der Waals surface area (Å²) in [6.07, 6.45) is 0. The van der Waals surface area contributed by atoms with Crippen LogP contribution in [-0.4, -0.2) is 16.4 Å². The Labute approximate surface area is 348 Å². The Balaban J connectivity index is 1.14. The van der Waals surface area contributed by atoms with Crippen molar-refractivity contribution in [2.45, 2.75) is 26.2 Å². The molecule has 282 valence electrons. The molecule has 8 aromatic carbocycles. The second-order valence-electron chi connectivity index (χ2n) is 17.5. The third-order valence-electron chi connectivity index (χ3n) is 13.1. The monoisotopic (exact) mass is 787 g/mol. The summed E-state index contributed by atoms with van der Waals surface area (Å²) in [5.74, 6) is 0. The van der Waals surface area contributed by atoms with E-state index in [0.717, 1.165) is 87.1 Å². The quantitative estimate of drug-likeness (QED) is 0.164. The van der Waals surface area contributed by atoms with E-state index in [4.69, 9.17) is 13.8 Å². The molecule has 0 radical (unpaired) electrons. The van der Waals surface area contributed by atoms with Gasteiger partial charge in [0.2, 0.25) is 0 Å². The van der Waals surface area contributed by atoms with Crippen molar-refractivity contribution in [1.29, 1.82) is 0 Å². The zero-order chi connectivity index (χ0) is 39.6. The van der Waals surface area contributed by atoms with Crippen molar-refractivity contribution in [3.63, 3.8) is 0 Å². The molecule has 12 aromatic rings. The average Bonchev–Trinajstić information content (AvgIpc) is 4.04. The van der Waals surface area contributed by atoms with Crippen LogP contribution in [-0.2, 0) is 5.41 Å². The van der Waals surface area contributed by atoms with Gasteiger partial charge >= 0.3 is 6.85 Å². The highest BCUT2D eigenvalue weighted by Crippen LogP contribution is 2.49. The summed E-state index contributed by atoms with van der Waals surface area (Å²) in [7, 11) is 0. The smallest absolute Gasteiger partial charge is 0.333 e. The van der Waals surface area contributed by atoms with E-state index >= 15 is 0 Å². The number of anilines is 2. The van der Waals surface area contributed by atoms with E-state index in [1.54, 1.807) is 11.3 Å². The zero-order valence-corrected chi connectivity index (χ0v) is 33.9. The fourth-order valence-electron chi connectivity index (χ4n) is 10.4. The summed E-state index contributed by atoms with van der Waals surface area (Å²) in [6.45, 7) is 6.70. The van der Waals surface area contributed by atoms with Gasteiger partial charge in [0, 0.05) is 66.6 Å². The topological polar surface area (TPSA) is 47.3 Å². The first-order valence-electron chi connectivity index (χ1n) is 20.6. The van der Waals surface area contributed by atoms with Crippen LogP contribution in [0.25, 0.3) is 103 Å². The van der Waals surface area contributed by atoms with Gasteiger partial charge in [-0.25, -0.2) is 4.98 Å². The molecule has 7 heteroatoms. The molecule has 0 unspecified atom stereocenters. The van der Waals surface area contributed by atoms with E-state index in [-0.39, 0.29) is 12.3 Å². The Hall–Kier alpha value is -7.09. The molecule has 0 bridgehead atoms. The molecule has 14 rings (SSSR count). The van der Waals surface area contributed by atoms with Crippen LogP contribution in [0.4, 0.5) is 11.4 Å². The molecule has 60 heavy (non-hydrogen) atoms. The lowest BCUT2D eigenvalue weighted by atomic mass is 9.44. The van der Waals surface area contributed by atoms with E-state index in [0.29, 0.717) is 0 Å². The van der Waals surface area contributed by atoms with Crippen LogP contribution in [0.1, 0.15) is 26.3 Å². The summed E-state index contributed by atoms with van der Waals surface area (Å²) < 4.78 is 16.9. The molecule has 0 fully saturated rings. The van der Waals surface area contributed by atoms with Gasteiger partial charge < -0.3 is 18.2 Å². The van der Waals surface area contributed by atoms with Crippen molar-refractivity contribution < 1.29 is 8.83 Å². The van der Waals surface area contributed by atoms with Crippen LogP contribution in [0.3, 0.4) is 0 Å². The van der Waals surface area contributed by atoms with Crippen molar-refractivity contribution in [3.8, 4) is 27.4 Å². The number of benzene rings is 8. The first kappa shape index (κ1) is 32.8. The molecule has 4 aromatic heterocycles. The van der Waals surface area contributed by atoms with E-state index in [1.165, 1.54) is 44.0 Å². The van der Waals surface area contributed by atoms with Gasteiger partial charge in [-0.1, -0.05) is 112 Å². The lowest BCUT2D eigenvalue weighted by Crippen LogP contribution is -2.60. The number of hydrogen-bond donors (Lipinski definition) is 0. The number of aromatic nitrogens is 2. The van der Waals surface area contributed by atoms with E-state index in [1.807, 2.05) is 6.07 Å². The van der Waals surface area contributed by atoms with E-state index < -0.39 is 0 Å². The van der Waals surface area contributed by atoms with Gasteiger partial charge in [0.1, 0.15) is 27.3 Å². The largest absolute Gasteiger partial charge is 0.456 e. The number of nitrogens with zero attached hydrogens (tertiary/aromatic N) is 3. The van der Waals surface area contributed by atoms with Gasteiger partial charge in [0.15, 0.2) is 0 Å². The zero-order valence-electron chi connectivity index (χ0n) is 33.1. The van der Waals surface area contributed by atoms with Crippen LogP contribution in [0, 0.1) is 0 Å². The Morgan fingerprint density at radius 1 is 0.567 bits per heavy atom. The fraction of sp³-hybridized carbons (Fsp3) is 0.0755. The normalized spacial score (nSPS) is 13.5. The van der Waals surface area contributed by atoms with E-state index in [9.17, 15) is 0 Å². The Bertz CT molecular complexity index is 3830. The second kappa shape index (κ2) is 11.3. The number of rotatable bonds is 2. The van der Waals surface area contributed by atoms with E-state index in [2.05, 4.69) is 176 Å². The number of para-hydroxylation sites is 2. The second-order valence-corrected chi connectivity index (χ2v) is 18.5. The molecule has 2 aliphatic heterocycles. The van der Waals surface area contributed by atoms with Gasteiger partial charge in [-0.2, -0.15) is 0 Å². The van der Waals surface area contributed by atoms with Crippen molar-refractivity contribution in [3.05, 3.63) is 157 Å². The first-order valence-corrected chi connectivity index (χ1v) is 21.5. The minimum Gasteiger partial charge on any atom is -0.456 e. The first-order chi connectivity index (χ1) is 29.4. The highest BCUT2D eigenvalue weighted by Gasteiger charge is 2.44. The Kier molecular flexibility index (Phi) is 6.21. The van der Waals surface area contributed by atoms with Crippen molar-refractivity contribution in [2.75, 3.05) is 4.81 Å². The van der Waals surface area contributed by atoms with Crippen LogP contribution in [0.15, 0.2) is 160 Å². The molecule has 0 spiro atoms. The summed E-state index contributed by atoms with van der Waals surface area (Å²) in [4.78, 5) is 7.93. The highest BCUT2D eigenvalue weighted by molar-refractivity contribution is 7.21. The molecule has 6 heterocycles. The molecular weight excluding hydrogens is 753 g/mol. The highest BCUT2D eigenvalue weighted by atomic mass is 32.1. The summed E-state index contributed by atoms with van der Waals surface area (Å²) in [5.41, 5.74) is 17.8. The molecule has 0 amide bonds. The standard InChI is InChI=1S/C53H34BN3O2S/c1-53(2,3)30-17-19-31(20-18-30)57-43-24-39-33-14-8-10-16-46(33)58-47(39)25-37(43)34-21-22-35-36-23-38-32-13-7-9-15-45(32)59-48(38)27-42(36)56-44-28-49-41(26-40(44)54(57)50(34)51(35)56)55-52(60-49)29-11-5-4-6-12-29/h4-28H,1-3H3. The van der Waals surface area contributed by atoms with Gasteiger partial charge in [-0.15, -0.1) is 11.3 Å². The maximum absolute atomic E-state index is 6.60. The number of thiazole rings is 1. The minimum atomic E-state index is -0.144. The lowest BCUT2D eigenvalue weighted by Gasteiger charge is -2.42. The van der Waals surface area contributed by atoms with Gasteiger partial charge in [-0.3, -0.25) is 0 Å². The molecule has 0 saturated heterocycles. The predicted molar refractivity (Wildman–Crippen MR) is 252 cm³/mol. The molecular formula is C53H34BN3O2S. The summed E-state index contributed by atoms with van der Waals surface area (Å²) in [6, 6.07) is 55.4. The van der Waals surface area contributed by atoms with Crippen molar-refractivity contribution in [2.24, 2.45) is 0 Å². The Morgan fingerprint density at radius 3 is 2.02 bits per heavy atom. The van der Waals surface area contributed by atoms with Gasteiger partial charge in [0.05, 0.1) is 21.3 Å². The molecule has 0 N–H and O–H groups in total. The van der Waals surface area contributed by atoms with Crippen molar-refractivity contribution >= 4 is 116 Å². The predicted octanol–water partition coefficient (Wildman–Crippen LogP) is 13.4. The molecule has 0 saturated carbocycles. The molecule has 0 aliphatic carbocycles. The molecule has 2 aliphatic rings. The maximum Gasteiger partial charge on any atom is 0.333 e. The Morgan fingerprint density at radius 2 is 1.27 bits per heavy atom. The van der Waals surface area contributed by atoms with Crippen LogP contribution < -0.4 is 15.7 Å².